The number of halogens is 1. The number of aromatic nitrogens is 2. The second kappa shape index (κ2) is 12.3. The third-order valence-electron chi connectivity index (χ3n) is 6.38. The molecule has 2 aromatic heterocycles. The first-order chi connectivity index (χ1) is 19.3. The van der Waals surface area contributed by atoms with Crippen molar-refractivity contribution in [1.29, 1.82) is 0 Å². The summed E-state index contributed by atoms with van der Waals surface area (Å²) in [7, 11) is 0. The van der Waals surface area contributed by atoms with E-state index in [4.69, 9.17) is 14.2 Å². The topological polar surface area (TPSA) is 94.6 Å². The molecular weight excluding hydrogens is 531 g/mol. The molecule has 8 nitrogen and oxygen atoms in total. The highest BCUT2D eigenvalue weighted by molar-refractivity contribution is 7.17. The summed E-state index contributed by atoms with van der Waals surface area (Å²) in [4.78, 5) is 11.7. The summed E-state index contributed by atoms with van der Waals surface area (Å²) < 4.78 is 31.9. The minimum absolute atomic E-state index is 0.201. The Kier molecular flexibility index (Phi) is 8.58. The van der Waals surface area contributed by atoms with Crippen molar-refractivity contribution in [2.24, 2.45) is 0 Å². The van der Waals surface area contributed by atoms with Gasteiger partial charge in [0.05, 0.1) is 17.9 Å². The van der Waals surface area contributed by atoms with Crippen LogP contribution in [0.1, 0.15) is 31.9 Å². The molecule has 0 saturated carbocycles. The van der Waals surface area contributed by atoms with Gasteiger partial charge in [-0.3, -0.25) is 0 Å². The number of benzene rings is 2. The number of ether oxygens (including phenoxy) is 3. The summed E-state index contributed by atoms with van der Waals surface area (Å²) in [5, 5.41) is 18.4. The molecule has 0 spiro atoms. The maximum Gasteiger partial charge on any atom is 0.407 e. The van der Waals surface area contributed by atoms with Crippen molar-refractivity contribution in [1.82, 2.24) is 20.8 Å². The van der Waals surface area contributed by atoms with Crippen LogP contribution in [-0.2, 0) is 22.4 Å². The molecule has 0 bridgehead atoms. The van der Waals surface area contributed by atoms with Gasteiger partial charge in [0.15, 0.2) is 0 Å². The van der Waals surface area contributed by atoms with Crippen LogP contribution in [0.3, 0.4) is 0 Å². The predicted octanol–water partition coefficient (Wildman–Crippen LogP) is 5.73. The smallest absolute Gasteiger partial charge is 0.407 e. The van der Waals surface area contributed by atoms with Gasteiger partial charge in [-0.15, -0.1) is 21.5 Å². The van der Waals surface area contributed by atoms with Crippen molar-refractivity contribution < 1.29 is 23.4 Å². The summed E-state index contributed by atoms with van der Waals surface area (Å²) in [5.41, 5.74) is 5.32. The lowest BCUT2D eigenvalue weighted by Gasteiger charge is -2.20. The number of nitrogens with zero attached hydrogens (tertiary/aromatic N) is 2. The molecule has 0 atom stereocenters. The van der Waals surface area contributed by atoms with Crippen LogP contribution < -0.4 is 15.4 Å². The van der Waals surface area contributed by atoms with E-state index in [0.717, 1.165) is 40.9 Å². The van der Waals surface area contributed by atoms with E-state index >= 15 is 0 Å². The molecule has 2 N–H and O–H groups in total. The van der Waals surface area contributed by atoms with Crippen LogP contribution >= 0.6 is 11.3 Å². The van der Waals surface area contributed by atoms with Gasteiger partial charge in [-0.1, -0.05) is 18.2 Å². The fourth-order valence-corrected chi connectivity index (χ4v) is 5.56. The van der Waals surface area contributed by atoms with Gasteiger partial charge in [0.1, 0.15) is 35.2 Å². The maximum absolute atomic E-state index is 14.2. The number of fused-ring (bicyclic) bond motifs is 2. The van der Waals surface area contributed by atoms with E-state index in [1.165, 1.54) is 23.3 Å². The zero-order chi connectivity index (χ0) is 28.1. The number of carbonyl (C=O) groups excluding carboxylic acids is 1. The Morgan fingerprint density at radius 3 is 2.77 bits per heavy atom. The molecular formula is C30H33FN4O4S. The Morgan fingerprint density at radius 2 is 1.93 bits per heavy atom. The van der Waals surface area contributed by atoms with Crippen LogP contribution in [0.15, 0.2) is 47.8 Å². The van der Waals surface area contributed by atoms with Gasteiger partial charge in [0, 0.05) is 35.7 Å². The van der Waals surface area contributed by atoms with Gasteiger partial charge < -0.3 is 24.8 Å². The summed E-state index contributed by atoms with van der Waals surface area (Å²) >= 11 is 1.58. The first-order valence-electron chi connectivity index (χ1n) is 13.3. The molecule has 0 fully saturated rings. The van der Waals surface area contributed by atoms with Gasteiger partial charge >= 0.3 is 6.09 Å². The first-order valence-corrected chi connectivity index (χ1v) is 14.2. The Bertz CT molecular complexity index is 1500. The van der Waals surface area contributed by atoms with E-state index < -0.39 is 17.5 Å². The van der Waals surface area contributed by atoms with Gasteiger partial charge in [-0.05, 0) is 68.4 Å². The SMILES string of the molecule is CC(C)(C)OC(=O)NCCOCCOc1cc(F)ccc1-c1nnc(-c2cccc3c2CCNC3)c2ccsc12. The molecule has 0 saturated heterocycles. The maximum atomic E-state index is 14.2. The molecule has 10 heteroatoms. The van der Waals surface area contributed by atoms with Crippen LogP contribution in [0.5, 0.6) is 5.75 Å². The van der Waals surface area contributed by atoms with E-state index in [2.05, 4.69) is 45.1 Å². The van der Waals surface area contributed by atoms with Crippen molar-refractivity contribution in [3.8, 4) is 28.3 Å². The van der Waals surface area contributed by atoms with Crippen molar-refractivity contribution in [3.05, 3.63) is 64.8 Å². The van der Waals surface area contributed by atoms with Gasteiger partial charge in [-0.2, -0.15) is 0 Å². The van der Waals surface area contributed by atoms with Crippen molar-refractivity contribution in [2.75, 3.05) is 32.9 Å². The average Bonchev–Trinajstić information content (AvgIpc) is 3.41. The van der Waals surface area contributed by atoms with E-state index in [9.17, 15) is 9.18 Å². The monoisotopic (exact) mass is 564 g/mol. The molecule has 4 aromatic rings. The number of nitrogens with one attached hydrogen (secondary N) is 2. The number of alkyl carbamates (subject to hydrolysis) is 1. The normalized spacial score (nSPS) is 13.2. The van der Waals surface area contributed by atoms with Gasteiger partial charge in [-0.25, -0.2) is 9.18 Å². The van der Waals surface area contributed by atoms with E-state index in [1.54, 1.807) is 38.2 Å². The third-order valence-corrected chi connectivity index (χ3v) is 7.30. The Morgan fingerprint density at radius 1 is 1.07 bits per heavy atom. The van der Waals surface area contributed by atoms with E-state index in [1.807, 2.05) is 5.38 Å². The largest absolute Gasteiger partial charge is 0.490 e. The third kappa shape index (κ3) is 6.57. The summed E-state index contributed by atoms with van der Waals surface area (Å²) in [6.07, 6.45) is 0.447. The number of thiophene rings is 1. The number of hydrogen-bond acceptors (Lipinski definition) is 8. The average molecular weight is 565 g/mol. The van der Waals surface area contributed by atoms with Crippen LogP contribution in [-0.4, -0.2) is 54.8 Å². The van der Waals surface area contributed by atoms with E-state index in [0.29, 0.717) is 30.2 Å². The zero-order valence-electron chi connectivity index (χ0n) is 22.9. The highest BCUT2D eigenvalue weighted by Crippen LogP contribution is 2.40. The molecule has 0 unspecified atom stereocenters. The van der Waals surface area contributed by atoms with Crippen LogP contribution in [0.2, 0.25) is 0 Å². The molecule has 2 aromatic carbocycles. The second-order valence-electron chi connectivity index (χ2n) is 10.5. The highest BCUT2D eigenvalue weighted by Gasteiger charge is 2.21. The van der Waals surface area contributed by atoms with Gasteiger partial charge in [0.25, 0.3) is 0 Å². The summed E-state index contributed by atoms with van der Waals surface area (Å²) in [6.45, 7) is 8.25. The zero-order valence-corrected chi connectivity index (χ0v) is 23.7. The summed E-state index contributed by atoms with van der Waals surface area (Å²) in [5.74, 6) is -0.0341. The van der Waals surface area contributed by atoms with Gasteiger partial charge in [0.2, 0.25) is 0 Å². The molecule has 0 radical (unpaired) electrons. The predicted molar refractivity (Wildman–Crippen MR) is 154 cm³/mol. The quantitative estimate of drug-likeness (QED) is 0.251. The second-order valence-corrected chi connectivity index (χ2v) is 11.4. The van der Waals surface area contributed by atoms with Crippen LogP contribution in [0, 0.1) is 5.82 Å². The highest BCUT2D eigenvalue weighted by atomic mass is 32.1. The number of carbonyl (C=O) groups is 1. The lowest BCUT2D eigenvalue weighted by atomic mass is 9.92. The van der Waals surface area contributed by atoms with Crippen LogP contribution in [0.25, 0.3) is 32.6 Å². The molecule has 0 aliphatic carbocycles. The fraction of sp³-hybridized carbons (Fsp3) is 0.367. The number of rotatable bonds is 9. The van der Waals surface area contributed by atoms with Crippen molar-refractivity contribution >= 4 is 27.5 Å². The molecule has 210 valence electrons. The first kappa shape index (κ1) is 27.9. The van der Waals surface area contributed by atoms with Crippen molar-refractivity contribution in [3.63, 3.8) is 0 Å². The Labute approximate surface area is 236 Å². The Balaban J connectivity index is 1.29. The standard InChI is InChI=1S/C30H33FN4O4S/c1-30(2,3)39-29(36)33-12-13-37-14-15-38-25-17-20(31)7-8-23(25)27-28-24(10-16-40-28)26(34-35-27)22-6-4-5-19-18-32-11-9-21(19)22/h4-8,10,16-17,32H,9,11-15,18H2,1-3H3,(H,33,36). The van der Waals surface area contributed by atoms with Crippen LogP contribution in [0.4, 0.5) is 9.18 Å². The number of amides is 1. The molecule has 1 aliphatic heterocycles. The summed E-state index contributed by atoms with van der Waals surface area (Å²) in [6, 6.07) is 12.8. The lowest BCUT2D eigenvalue weighted by molar-refractivity contribution is 0.0489. The molecule has 1 amide bonds. The Hall–Kier alpha value is -3.60. The molecule has 1 aliphatic rings. The van der Waals surface area contributed by atoms with E-state index in [-0.39, 0.29) is 13.2 Å². The molecule has 40 heavy (non-hydrogen) atoms. The number of hydrogen-bond donors (Lipinski definition) is 2. The molecule has 5 rings (SSSR count). The minimum atomic E-state index is -0.556. The van der Waals surface area contributed by atoms with Crippen molar-refractivity contribution in [2.45, 2.75) is 39.3 Å². The molecule has 3 heterocycles. The minimum Gasteiger partial charge on any atom is -0.490 e. The fourth-order valence-electron chi connectivity index (χ4n) is 4.67. The lowest BCUT2D eigenvalue weighted by Crippen LogP contribution is -2.34.